The highest BCUT2D eigenvalue weighted by Crippen LogP contribution is 2.22. The SMILES string of the molecule is O=C(Nc1ncc(Br)nc1Br)c1cccc2ncccc12. The Balaban J connectivity index is 1.97. The molecule has 0 saturated carbocycles. The normalized spacial score (nSPS) is 10.6. The van der Waals surface area contributed by atoms with Crippen LogP contribution in [0.15, 0.2) is 51.9 Å². The lowest BCUT2D eigenvalue weighted by Crippen LogP contribution is -2.14. The van der Waals surface area contributed by atoms with Crippen LogP contribution in [0.3, 0.4) is 0 Å². The van der Waals surface area contributed by atoms with Gasteiger partial charge in [0.25, 0.3) is 5.91 Å². The van der Waals surface area contributed by atoms with Crippen LogP contribution in [0.2, 0.25) is 0 Å². The highest BCUT2D eigenvalue weighted by molar-refractivity contribution is 9.11. The molecule has 0 spiro atoms. The number of benzene rings is 1. The summed E-state index contributed by atoms with van der Waals surface area (Å²) < 4.78 is 1.05. The highest BCUT2D eigenvalue weighted by Gasteiger charge is 2.13. The molecule has 1 aromatic carbocycles. The van der Waals surface area contributed by atoms with Crippen molar-refractivity contribution in [2.75, 3.05) is 5.32 Å². The average molecular weight is 408 g/mol. The van der Waals surface area contributed by atoms with Crippen molar-refractivity contribution in [2.45, 2.75) is 0 Å². The quantitative estimate of drug-likeness (QED) is 0.701. The molecule has 3 rings (SSSR count). The summed E-state index contributed by atoms with van der Waals surface area (Å²) in [6.07, 6.45) is 3.21. The first kappa shape index (κ1) is 14.1. The summed E-state index contributed by atoms with van der Waals surface area (Å²) in [5, 5.41) is 3.53. The number of fused-ring (bicyclic) bond motifs is 1. The first-order valence-corrected chi connectivity index (χ1v) is 7.57. The molecule has 0 aliphatic heterocycles. The van der Waals surface area contributed by atoms with E-state index in [1.807, 2.05) is 12.1 Å². The number of amides is 1. The Bertz CT molecular complexity index is 833. The summed E-state index contributed by atoms with van der Waals surface area (Å²) in [5.74, 6) is 0.106. The first-order valence-electron chi connectivity index (χ1n) is 5.98. The number of carbonyl (C=O) groups excluding carboxylic acids is 1. The molecule has 0 aliphatic rings. The zero-order valence-corrected chi connectivity index (χ0v) is 13.7. The Hall–Kier alpha value is -1.86. The summed E-state index contributed by atoms with van der Waals surface area (Å²) in [6.45, 7) is 0. The van der Waals surface area contributed by atoms with Crippen LogP contribution in [-0.4, -0.2) is 20.9 Å². The molecule has 0 aliphatic carbocycles. The highest BCUT2D eigenvalue weighted by atomic mass is 79.9. The third-order valence-electron chi connectivity index (χ3n) is 2.82. The van der Waals surface area contributed by atoms with Gasteiger partial charge in [0.05, 0.1) is 11.7 Å². The minimum atomic E-state index is -0.258. The molecule has 104 valence electrons. The van der Waals surface area contributed by atoms with Crippen molar-refractivity contribution in [3.8, 4) is 0 Å². The van der Waals surface area contributed by atoms with Crippen LogP contribution in [0.4, 0.5) is 5.82 Å². The Kier molecular flexibility index (Phi) is 3.94. The molecule has 21 heavy (non-hydrogen) atoms. The molecular weight excluding hydrogens is 400 g/mol. The van der Waals surface area contributed by atoms with Gasteiger partial charge in [-0.05, 0) is 50.1 Å². The maximum absolute atomic E-state index is 12.4. The fraction of sp³-hybridized carbons (Fsp3) is 0. The maximum atomic E-state index is 12.4. The number of nitrogens with one attached hydrogen (secondary N) is 1. The van der Waals surface area contributed by atoms with Crippen LogP contribution in [0.5, 0.6) is 0 Å². The number of anilines is 1. The monoisotopic (exact) mass is 406 g/mol. The minimum Gasteiger partial charge on any atom is -0.304 e. The summed E-state index contributed by atoms with van der Waals surface area (Å²) in [7, 11) is 0. The van der Waals surface area contributed by atoms with Gasteiger partial charge < -0.3 is 5.32 Å². The molecule has 7 heteroatoms. The molecule has 0 atom stereocenters. The smallest absolute Gasteiger partial charge is 0.257 e. The Labute approximate surface area is 137 Å². The summed E-state index contributed by atoms with van der Waals surface area (Å²) in [5.41, 5.74) is 1.31. The van der Waals surface area contributed by atoms with Gasteiger partial charge in [0.15, 0.2) is 5.82 Å². The summed E-state index contributed by atoms with van der Waals surface area (Å²) in [6, 6.07) is 9.07. The summed E-state index contributed by atoms with van der Waals surface area (Å²) >= 11 is 6.48. The third kappa shape index (κ3) is 2.93. The number of rotatable bonds is 2. The van der Waals surface area contributed by atoms with E-state index >= 15 is 0 Å². The van der Waals surface area contributed by atoms with Crippen molar-refractivity contribution in [3.05, 3.63) is 57.5 Å². The average Bonchev–Trinajstić information content (AvgIpc) is 2.49. The van der Waals surface area contributed by atoms with Gasteiger partial charge in [-0.1, -0.05) is 12.1 Å². The predicted molar refractivity (Wildman–Crippen MR) is 87.1 cm³/mol. The Morgan fingerprint density at radius 2 is 1.95 bits per heavy atom. The van der Waals surface area contributed by atoms with Gasteiger partial charge in [0.2, 0.25) is 0 Å². The fourth-order valence-corrected chi connectivity index (χ4v) is 2.82. The number of nitrogens with zero attached hydrogens (tertiary/aromatic N) is 3. The van der Waals surface area contributed by atoms with E-state index in [9.17, 15) is 4.79 Å². The lowest BCUT2D eigenvalue weighted by Gasteiger charge is -2.08. The lowest BCUT2D eigenvalue weighted by molar-refractivity contribution is 0.102. The molecule has 0 saturated heterocycles. The molecule has 0 bridgehead atoms. The topological polar surface area (TPSA) is 67.8 Å². The zero-order valence-electron chi connectivity index (χ0n) is 10.5. The first-order chi connectivity index (χ1) is 10.1. The number of aromatic nitrogens is 3. The number of halogens is 2. The van der Waals surface area contributed by atoms with E-state index in [1.165, 1.54) is 6.20 Å². The third-order valence-corrected chi connectivity index (χ3v) is 3.76. The maximum Gasteiger partial charge on any atom is 0.257 e. The Morgan fingerprint density at radius 1 is 1.10 bits per heavy atom. The predicted octanol–water partition coefficient (Wildman–Crippen LogP) is 3.80. The van der Waals surface area contributed by atoms with Crippen molar-refractivity contribution in [1.82, 2.24) is 15.0 Å². The second kappa shape index (κ2) is 5.87. The van der Waals surface area contributed by atoms with Crippen molar-refractivity contribution < 1.29 is 4.79 Å². The van der Waals surface area contributed by atoms with Crippen LogP contribution in [-0.2, 0) is 0 Å². The van der Waals surface area contributed by atoms with E-state index < -0.39 is 0 Å². The van der Waals surface area contributed by atoms with Crippen molar-refractivity contribution >= 4 is 54.5 Å². The Morgan fingerprint density at radius 3 is 2.76 bits per heavy atom. The fourth-order valence-electron chi connectivity index (χ4n) is 1.91. The standard InChI is InChI=1S/C14H8Br2N4O/c15-11-7-18-13(12(16)19-11)20-14(21)9-3-1-5-10-8(9)4-2-6-17-10/h1-7H,(H,18,20,21). The van der Waals surface area contributed by atoms with Crippen LogP contribution in [0.25, 0.3) is 10.9 Å². The van der Waals surface area contributed by atoms with E-state index in [-0.39, 0.29) is 5.91 Å². The molecule has 0 radical (unpaired) electrons. The van der Waals surface area contributed by atoms with Gasteiger partial charge in [-0.25, -0.2) is 9.97 Å². The van der Waals surface area contributed by atoms with Crippen molar-refractivity contribution in [1.29, 1.82) is 0 Å². The molecule has 5 nitrogen and oxygen atoms in total. The minimum absolute atomic E-state index is 0.258. The second-order valence-corrected chi connectivity index (χ2v) is 5.73. The molecule has 2 heterocycles. The molecule has 1 N–H and O–H groups in total. The van der Waals surface area contributed by atoms with Crippen LogP contribution < -0.4 is 5.32 Å². The lowest BCUT2D eigenvalue weighted by atomic mass is 10.1. The summed E-state index contributed by atoms with van der Waals surface area (Å²) in [4.78, 5) is 24.9. The van der Waals surface area contributed by atoms with Crippen molar-refractivity contribution in [2.24, 2.45) is 0 Å². The van der Waals surface area contributed by atoms with Gasteiger partial charge in [0, 0.05) is 17.1 Å². The van der Waals surface area contributed by atoms with Crippen LogP contribution in [0, 0.1) is 0 Å². The molecule has 2 aromatic heterocycles. The second-order valence-electron chi connectivity index (χ2n) is 4.16. The molecule has 1 amide bonds. The van der Waals surface area contributed by atoms with Crippen LogP contribution >= 0.6 is 31.9 Å². The van der Waals surface area contributed by atoms with E-state index in [4.69, 9.17) is 0 Å². The number of hydrogen-bond acceptors (Lipinski definition) is 4. The molecule has 3 aromatic rings. The van der Waals surface area contributed by atoms with E-state index in [0.717, 1.165) is 10.9 Å². The van der Waals surface area contributed by atoms with E-state index in [0.29, 0.717) is 20.6 Å². The van der Waals surface area contributed by atoms with Crippen molar-refractivity contribution in [3.63, 3.8) is 0 Å². The van der Waals surface area contributed by atoms with Crippen LogP contribution in [0.1, 0.15) is 10.4 Å². The zero-order chi connectivity index (χ0) is 14.8. The number of pyridine rings is 1. The van der Waals surface area contributed by atoms with Gasteiger partial charge >= 0.3 is 0 Å². The number of hydrogen-bond donors (Lipinski definition) is 1. The largest absolute Gasteiger partial charge is 0.304 e. The van der Waals surface area contributed by atoms with Gasteiger partial charge in [-0.15, -0.1) is 0 Å². The molecule has 0 fully saturated rings. The number of carbonyl (C=O) groups is 1. The van der Waals surface area contributed by atoms with E-state index in [2.05, 4.69) is 52.1 Å². The van der Waals surface area contributed by atoms with Gasteiger partial charge in [-0.2, -0.15) is 0 Å². The molecular formula is C14H8Br2N4O. The van der Waals surface area contributed by atoms with Gasteiger partial charge in [-0.3, -0.25) is 9.78 Å². The van der Waals surface area contributed by atoms with E-state index in [1.54, 1.807) is 24.4 Å². The molecule has 0 unspecified atom stereocenters. The van der Waals surface area contributed by atoms with Gasteiger partial charge in [0.1, 0.15) is 9.21 Å².